The summed E-state index contributed by atoms with van der Waals surface area (Å²) in [6.07, 6.45) is 3.79. The van der Waals surface area contributed by atoms with Crippen LogP contribution < -0.4 is 11.1 Å². The largest absolute Gasteiger partial charge is 0.379 e. The van der Waals surface area contributed by atoms with Crippen LogP contribution in [0.15, 0.2) is 29.3 Å². The number of hydrogen-bond acceptors (Lipinski definition) is 2. The Hall–Kier alpha value is -1.55. The van der Waals surface area contributed by atoms with Crippen molar-refractivity contribution in [1.82, 2.24) is 0 Å². The van der Waals surface area contributed by atoms with Crippen LogP contribution in [0.3, 0.4) is 0 Å². The predicted octanol–water partition coefficient (Wildman–Crippen LogP) is 3.35. The minimum absolute atomic E-state index is 0.446. The Morgan fingerprint density at radius 2 is 2.10 bits per heavy atom. The number of guanidine groups is 1. The molecule has 1 aromatic rings. The number of anilines is 1. The quantitative estimate of drug-likeness (QED) is 0.438. The first-order chi connectivity index (χ1) is 10.2. The highest BCUT2D eigenvalue weighted by Crippen LogP contribution is 2.28. The van der Waals surface area contributed by atoms with Crippen molar-refractivity contribution >= 4 is 11.6 Å². The maximum absolute atomic E-state index is 5.87. The Bertz CT molecular complexity index is 452. The molecule has 0 amide bonds. The van der Waals surface area contributed by atoms with E-state index in [9.17, 15) is 0 Å². The van der Waals surface area contributed by atoms with Gasteiger partial charge in [0.2, 0.25) is 0 Å². The number of ether oxygens (including phenoxy) is 1. The van der Waals surface area contributed by atoms with Crippen LogP contribution in [0.1, 0.15) is 44.6 Å². The van der Waals surface area contributed by atoms with E-state index in [1.165, 1.54) is 18.4 Å². The van der Waals surface area contributed by atoms with Crippen molar-refractivity contribution in [3.8, 4) is 0 Å². The lowest BCUT2D eigenvalue weighted by molar-refractivity contribution is 0.132. The first kappa shape index (κ1) is 15.8. The van der Waals surface area contributed by atoms with E-state index >= 15 is 0 Å². The molecule has 116 valence electrons. The molecule has 1 atom stereocenters. The Kier molecular flexibility index (Phi) is 6.05. The van der Waals surface area contributed by atoms with Crippen LogP contribution in [-0.4, -0.2) is 25.7 Å². The molecule has 21 heavy (non-hydrogen) atoms. The van der Waals surface area contributed by atoms with Gasteiger partial charge >= 0.3 is 0 Å². The molecule has 1 aliphatic rings. The van der Waals surface area contributed by atoms with Gasteiger partial charge in [-0.1, -0.05) is 26.0 Å². The maximum Gasteiger partial charge on any atom is 0.193 e. The van der Waals surface area contributed by atoms with Crippen molar-refractivity contribution < 1.29 is 4.74 Å². The van der Waals surface area contributed by atoms with Crippen LogP contribution in [0, 0.1) is 5.92 Å². The molecule has 0 bridgehead atoms. The topological polar surface area (TPSA) is 59.6 Å². The fraction of sp³-hybridized carbons (Fsp3) is 0.588. The molecule has 0 saturated heterocycles. The molecule has 0 aliphatic heterocycles. The second kappa shape index (κ2) is 8.03. The maximum atomic E-state index is 5.87. The summed E-state index contributed by atoms with van der Waals surface area (Å²) in [4.78, 5) is 4.27. The predicted molar refractivity (Wildman–Crippen MR) is 88.8 cm³/mol. The Morgan fingerprint density at radius 3 is 2.71 bits per heavy atom. The number of aliphatic imine (C=N–C) groups is 1. The lowest BCUT2D eigenvalue weighted by Gasteiger charge is -2.10. The van der Waals surface area contributed by atoms with Gasteiger partial charge in [-0.05, 0) is 48.8 Å². The number of nitrogens with two attached hydrogens (primary N) is 1. The average molecular weight is 289 g/mol. The summed E-state index contributed by atoms with van der Waals surface area (Å²) in [5.74, 6) is 1.84. The molecule has 1 saturated carbocycles. The van der Waals surface area contributed by atoms with E-state index in [-0.39, 0.29) is 0 Å². The molecule has 4 nitrogen and oxygen atoms in total. The molecule has 1 aliphatic carbocycles. The van der Waals surface area contributed by atoms with E-state index in [2.05, 4.69) is 36.3 Å². The van der Waals surface area contributed by atoms with Crippen LogP contribution >= 0.6 is 0 Å². The van der Waals surface area contributed by atoms with Gasteiger partial charge in [-0.3, -0.25) is 4.99 Å². The summed E-state index contributed by atoms with van der Waals surface area (Å²) in [6.45, 7) is 6.56. The molecule has 0 heterocycles. The van der Waals surface area contributed by atoms with Crippen LogP contribution in [0.25, 0.3) is 0 Å². The normalized spacial score (nSPS) is 16.8. The summed E-state index contributed by atoms with van der Waals surface area (Å²) in [5.41, 5.74) is 8.20. The second-order valence-corrected chi connectivity index (χ2v) is 5.84. The van der Waals surface area contributed by atoms with E-state index < -0.39 is 0 Å². The summed E-state index contributed by atoms with van der Waals surface area (Å²) in [5, 5.41) is 3.11. The van der Waals surface area contributed by atoms with Gasteiger partial charge in [-0.25, -0.2) is 0 Å². The van der Waals surface area contributed by atoms with Crippen molar-refractivity contribution in [3.63, 3.8) is 0 Å². The van der Waals surface area contributed by atoms with Gasteiger partial charge in [0.05, 0.1) is 13.2 Å². The van der Waals surface area contributed by atoms with E-state index in [1.54, 1.807) is 0 Å². The van der Waals surface area contributed by atoms with E-state index in [1.807, 2.05) is 12.1 Å². The van der Waals surface area contributed by atoms with Gasteiger partial charge < -0.3 is 15.8 Å². The fourth-order valence-corrected chi connectivity index (χ4v) is 2.08. The second-order valence-electron chi connectivity index (χ2n) is 5.84. The van der Waals surface area contributed by atoms with Crippen LogP contribution in [0.4, 0.5) is 5.69 Å². The first-order valence-corrected chi connectivity index (χ1v) is 7.93. The minimum Gasteiger partial charge on any atom is -0.379 e. The highest BCUT2D eigenvalue weighted by molar-refractivity contribution is 5.92. The van der Waals surface area contributed by atoms with Crippen LogP contribution in [0.5, 0.6) is 0 Å². The lowest BCUT2D eigenvalue weighted by atomic mass is 9.99. The Balaban J connectivity index is 1.71. The molecule has 3 N–H and O–H groups in total. The van der Waals surface area contributed by atoms with Crippen LogP contribution in [0.2, 0.25) is 0 Å². The number of nitrogens with one attached hydrogen (secondary N) is 1. The van der Waals surface area contributed by atoms with Crippen molar-refractivity contribution in [2.45, 2.75) is 39.0 Å². The number of rotatable bonds is 8. The van der Waals surface area contributed by atoms with Gasteiger partial charge in [-0.2, -0.15) is 0 Å². The third kappa shape index (κ3) is 5.76. The van der Waals surface area contributed by atoms with E-state index in [0.717, 1.165) is 24.6 Å². The Morgan fingerprint density at radius 1 is 1.38 bits per heavy atom. The molecule has 0 radical (unpaired) electrons. The van der Waals surface area contributed by atoms with Gasteiger partial charge in [-0.15, -0.1) is 0 Å². The standard InChI is InChI=1S/C17H27N3O/c1-3-13(2)15-6-8-16(9-7-15)20-17(18)19-10-11-21-12-14-4-5-14/h6-9,13-14H,3-5,10-12H2,1-2H3,(H3,18,19,20). The van der Waals surface area contributed by atoms with E-state index in [4.69, 9.17) is 10.5 Å². The van der Waals surface area contributed by atoms with Crippen LogP contribution in [-0.2, 0) is 4.74 Å². The molecule has 1 aromatic carbocycles. The third-order valence-corrected chi connectivity index (χ3v) is 3.93. The SMILES string of the molecule is CCC(C)c1ccc(NC(N)=NCCOCC2CC2)cc1. The van der Waals surface area contributed by atoms with Gasteiger partial charge in [0.15, 0.2) is 5.96 Å². The monoisotopic (exact) mass is 289 g/mol. The zero-order valence-corrected chi connectivity index (χ0v) is 13.1. The average Bonchev–Trinajstić information content (AvgIpc) is 3.31. The number of hydrogen-bond donors (Lipinski definition) is 2. The van der Waals surface area contributed by atoms with Gasteiger partial charge in [0, 0.05) is 12.3 Å². The number of nitrogens with zero attached hydrogens (tertiary/aromatic N) is 1. The summed E-state index contributed by atoms with van der Waals surface area (Å²) < 4.78 is 5.52. The zero-order valence-electron chi connectivity index (χ0n) is 13.1. The summed E-state index contributed by atoms with van der Waals surface area (Å²) in [7, 11) is 0. The molecular formula is C17H27N3O. The third-order valence-electron chi connectivity index (χ3n) is 3.93. The molecule has 0 aromatic heterocycles. The van der Waals surface area contributed by atoms with Gasteiger partial charge in [0.1, 0.15) is 0 Å². The molecule has 4 heteroatoms. The minimum atomic E-state index is 0.446. The smallest absolute Gasteiger partial charge is 0.193 e. The number of benzene rings is 1. The van der Waals surface area contributed by atoms with Crippen molar-refractivity contribution in [2.75, 3.05) is 25.1 Å². The zero-order chi connectivity index (χ0) is 15.1. The Labute approximate surface area is 127 Å². The fourth-order valence-electron chi connectivity index (χ4n) is 2.08. The first-order valence-electron chi connectivity index (χ1n) is 7.93. The highest BCUT2D eigenvalue weighted by Gasteiger charge is 2.20. The van der Waals surface area contributed by atoms with Crippen molar-refractivity contribution in [1.29, 1.82) is 0 Å². The summed E-state index contributed by atoms with van der Waals surface area (Å²) in [6, 6.07) is 8.38. The lowest BCUT2D eigenvalue weighted by Crippen LogP contribution is -2.23. The molecular weight excluding hydrogens is 262 g/mol. The summed E-state index contributed by atoms with van der Waals surface area (Å²) >= 11 is 0. The van der Waals surface area contributed by atoms with Crippen molar-refractivity contribution in [2.24, 2.45) is 16.6 Å². The molecule has 1 fully saturated rings. The molecule has 1 unspecified atom stereocenters. The molecule has 2 rings (SSSR count). The van der Waals surface area contributed by atoms with Gasteiger partial charge in [0.25, 0.3) is 0 Å². The van der Waals surface area contributed by atoms with E-state index in [0.29, 0.717) is 25.0 Å². The highest BCUT2D eigenvalue weighted by atomic mass is 16.5. The van der Waals surface area contributed by atoms with Crippen molar-refractivity contribution in [3.05, 3.63) is 29.8 Å². The molecule has 0 spiro atoms.